The Labute approximate surface area is 128 Å². The van der Waals surface area contributed by atoms with Gasteiger partial charge in [0.1, 0.15) is 10.7 Å². The first-order valence-electron chi connectivity index (χ1n) is 6.93. The van der Waals surface area contributed by atoms with Crippen LogP contribution in [0.3, 0.4) is 0 Å². The van der Waals surface area contributed by atoms with Crippen molar-refractivity contribution in [3.05, 3.63) is 16.5 Å². The van der Waals surface area contributed by atoms with Crippen LogP contribution in [0.5, 0.6) is 0 Å². The van der Waals surface area contributed by atoms with E-state index in [2.05, 4.69) is 32.9 Å². The number of hydrogen-bond acceptors (Lipinski definition) is 4. The Bertz CT molecular complexity index is 556. The van der Waals surface area contributed by atoms with E-state index in [1.54, 1.807) is 6.07 Å². The highest BCUT2D eigenvalue weighted by Gasteiger charge is 2.29. The summed E-state index contributed by atoms with van der Waals surface area (Å²) in [4.78, 5) is 0.185. The monoisotopic (exact) mass is 364 g/mol. The highest BCUT2D eigenvalue weighted by atomic mass is 79.9. The molecule has 114 valence electrons. The molecule has 0 radical (unpaired) electrons. The summed E-state index contributed by atoms with van der Waals surface area (Å²) >= 11 is 3.19. The van der Waals surface area contributed by atoms with Gasteiger partial charge in [-0.2, -0.15) is 0 Å². The van der Waals surface area contributed by atoms with Crippen molar-refractivity contribution in [2.24, 2.45) is 5.92 Å². The molecule has 5 nitrogen and oxygen atoms in total. The van der Waals surface area contributed by atoms with E-state index in [1.807, 2.05) is 6.92 Å². The summed E-state index contributed by atoms with van der Waals surface area (Å²) < 4.78 is 33.2. The fourth-order valence-corrected chi connectivity index (χ4v) is 4.79. The topological polar surface area (TPSA) is 71.3 Å². The highest BCUT2D eigenvalue weighted by molar-refractivity contribution is 9.10. The van der Waals surface area contributed by atoms with Crippen LogP contribution in [0.2, 0.25) is 0 Å². The number of halogens is 1. The molecular weight excluding hydrogens is 344 g/mol. The third-order valence-corrected chi connectivity index (χ3v) is 5.94. The predicted molar refractivity (Wildman–Crippen MR) is 80.9 cm³/mol. The van der Waals surface area contributed by atoms with Crippen molar-refractivity contribution in [3.8, 4) is 0 Å². The summed E-state index contributed by atoms with van der Waals surface area (Å²) in [6.07, 6.45) is 2.88. The Morgan fingerprint density at radius 1 is 1.45 bits per heavy atom. The molecule has 0 bridgehead atoms. The van der Waals surface area contributed by atoms with E-state index >= 15 is 0 Å². The highest BCUT2D eigenvalue weighted by Crippen LogP contribution is 2.29. The van der Waals surface area contributed by atoms with Crippen LogP contribution in [-0.2, 0) is 16.6 Å². The van der Waals surface area contributed by atoms with Gasteiger partial charge >= 0.3 is 0 Å². The zero-order valence-corrected chi connectivity index (χ0v) is 14.2. The molecule has 1 saturated carbocycles. The summed E-state index contributed by atoms with van der Waals surface area (Å²) in [7, 11) is -3.52. The first-order valence-corrected chi connectivity index (χ1v) is 9.21. The number of furan rings is 1. The maximum Gasteiger partial charge on any atom is 0.245 e. The van der Waals surface area contributed by atoms with Crippen molar-refractivity contribution >= 4 is 26.0 Å². The Hall–Kier alpha value is -0.370. The van der Waals surface area contributed by atoms with Gasteiger partial charge in [-0.15, -0.1) is 0 Å². The second kappa shape index (κ2) is 6.60. The van der Waals surface area contributed by atoms with Gasteiger partial charge in [0, 0.05) is 12.1 Å². The molecular formula is C13H21BrN2O3S. The molecule has 0 aromatic carbocycles. The lowest BCUT2D eigenvalue weighted by Crippen LogP contribution is -2.32. The van der Waals surface area contributed by atoms with Crippen LogP contribution in [-0.4, -0.2) is 21.0 Å². The van der Waals surface area contributed by atoms with E-state index in [0.717, 1.165) is 25.8 Å². The van der Waals surface area contributed by atoms with Crippen molar-refractivity contribution in [1.82, 2.24) is 10.0 Å². The van der Waals surface area contributed by atoms with E-state index in [9.17, 15) is 8.42 Å². The maximum atomic E-state index is 12.4. The standard InChI is InChI=1S/C13H21BrN2O3S/c1-3-15-8-11-7-12(13(14)19-11)20(17,18)16-10-5-4-9(2)6-10/h7,9-10,15-16H,3-6,8H2,1-2H3. The Morgan fingerprint density at radius 2 is 2.20 bits per heavy atom. The molecule has 1 aliphatic rings. The Kier molecular flexibility index (Phi) is 5.28. The van der Waals surface area contributed by atoms with Crippen LogP contribution in [0.4, 0.5) is 0 Å². The summed E-state index contributed by atoms with van der Waals surface area (Å²) in [5.74, 6) is 1.19. The van der Waals surface area contributed by atoms with Crippen molar-refractivity contribution in [3.63, 3.8) is 0 Å². The van der Waals surface area contributed by atoms with Crippen molar-refractivity contribution in [2.45, 2.75) is 50.6 Å². The quantitative estimate of drug-likeness (QED) is 0.813. The summed E-state index contributed by atoms with van der Waals surface area (Å²) in [5.41, 5.74) is 0. The maximum absolute atomic E-state index is 12.4. The molecule has 1 aromatic rings. The minimum Gasteiger partial charge on any atom is -0.452 e. The van der Waals surface area contributed by atoms with Crippen molar-refractivity contribution < 1.29 is 12.8 Å². The van der Waals surface area contributed by atoms with Crippen LogP contribution in [0.1, 0.15) is 38.9 Å². The molecule has 2 unspecified atom stereocenters. The molecule has 2 rings (SSSR count). The van der Waals surface area contributed by atoms with Crippen molar-refractivity contribution in [1.29, 1.82) is 0 Å². The molecule has 7 heteroatoms. The third-order valence-electron chi connectivity index (χ3n) is 3.56. The van der Waals surface area contributed by atoms with E-state index in [-0.39, 0.29) is 15.6 Å². The lowest BCUT2D eigenvalue weighted by atomic mass is 10.1. The van der Waals surface area contributed by atoms with Gasteiger partial charge in [-0.05, 0) is 47.7 Å². The second-order valence-corrected chi connectivity index (χ2v) is 7.77. The molecule has 20 heavy (non-hydrogen) atoms. The summed E-state index contributed by atoms with van der Waals surface area (Å²) in [6.45, 7) is 5.46. The zero-order chi connectivity index (χ0) is 14.8. The first kappa shape index (κ1) is 16.0. The lowest BCUT2D eigenvalue weighted by molar-refractivity contribution is 0.463. The Balaban J connectivity index is 2.10. The van der Waals surface area contributed by atoms with Crippen molar-refractivity contribution in [2.75, 3.05) is 6.54 Å². The van der Waals surface area contributed by atoms with Gasteiger partial charge in [0.2, 0.25) is 10.0 Å². The van der Waals surface area contributed by atoms with Crippen LogP contribution in [0.25, 0.3) is 0 Å². The van der Waals surface area contributed by atoms with E-state index in [0.29, 0.717) is 18.2 Å². The number of nitrogens with one attached hydrogen (secondary N) is 2. The molecule has 2 atom stereocenters. The van der Waals surface area contributed by atoms with E-state index < -0.39 is 10.0 Å². The molecule has 0 saturated heterocycles. The SMILES string of the molecule is CCNCc1cc(S(=O)(=O)NC2CCC(C)C2)c(Br)o1. The Morgan fingerprint density at radius 3 is 2.80 bits per heavy atom. The summed E-state index contributed by atoms with van der Waals surface area (Å²) in [5, 5.41) is 3.11. The smallest absolute Gasteiger partial charge is 0.245 e. The number of rotatable bonds is 6. The minimum atomic E-state index is -3.52. The molecule has 0 amide bonds. The average molecular weight is 365 g/mol. The summed E-state index contributed by atoms with van der Waals surface area (Å²) in [6, 6.07) is 1.61. The zero-order valence-electron chi connectivity index (χ0n) is 11.8. The van der Waals surface area contributed by atoms with Gasteiger partial charge in [0.15, 0.2) is 4.67 Å². The van der Waals surface area contributed by atoms with E-state index in [1.165, 1.54) is 0 Å². The molecule has 1 aliphatic carbocycles. The van der Waals surface area contributed by atoms with Gasteiger partial charge in [-0.3, -0.25) is 0 Å². The molecule has 2 N–H and O–H groups in total. The molecule has 0 aliphatic heterocycles. The lowest BCUT2D eigenvalue weighted by Gasteiger charge is -2.11. The fraction of sp³-hybridized carbons (Fsp3) is 0.692. The van der Waals surface area contributed by atoms with Crippen LogP contribution in [0, 0.1) is 5.92 Å². The van der Waals surface area contributed by atoms with Gasteiger partial charge in [0.25, 0.3) is 0 Å². The van der Waals surface area contributed by atoms with Gasteiger partial charge in [-0.1, -0.05) is 13.8 Å². The van der Waals surface area contributed by atoms with Gasteiger partial charge < -0.3 is 9.73 Å². The average Bonchev–Trinajstić information content (AvgIpc) is 2.93. The fourth-order valence-electron chi connectivity index (χ4n) is 2.51. The van der Waals surface area contributed by atoms with E-state index in [4.69, 9.17) is 4.42 Å². The number of hydrogen-bond donors (Lipinski definition) is 2. The molecule has 0 spiro atoms. The van der Waals surface area contributed by atoms with Crippen LogP contribution < -0.4 is 10.0 Å². The molecule has 1 heterocycles. The van der Waals surface area contributed by atoms with Gasteiger partial charge in [-0.25, -0.2) is 13.1 Å². The van der Waals surface area contributed by atoms with Gasteiger partial charge in [0.05, 0.1) is 6.54 Å². The predicted octanol–water partition coefficient (Wildman–Crippen LogP) is 2.62. The van der Waals surface area contributed by atoms with Crippen LogP contribution in [0.15, 0.2) is 20.0 Å². The number of sulfonamides is 1. The third kappa shape index (κ3) is 3.84. The first-order chi connectivity index (χ1) is 9.42. The molecule has 1 fully saturated rings. The minimum absolute atomic E-state index is 0.0361. The molecule has 1 aromatic heterocycles. The second-order valence-electron chi connectivity index (χ2n) is 5.37. The normalized spacial score (nSPS) is 23.4. The largest absolute Gasteiger partial charge is 0.452 e. The van der Waals surface area contributed by atoms with Crippen LogP contribution >= 0.6 is 15.9 Å².